The summed E-state index contributed by atoms with van der Waals surface area (Å²) in [6.07, 6.45) is 4.32. The van der Waals surface area contributed by atoms with E-state index in [0.29, 0.717) is 84.1 Å². The number of likely N-dealkylation sites (tertiary alicyclic amines) is 1. The minimum absolute atomic E-state index is 0.00446. The van der Waals surface area contributed by atoms with Crippen LogP contribution in [0, 0.1) is 5.82 Å². The maximum Gasteiger partial charge on any atom is 0.263 e. The fourth-order valence-corrected chi connectivity index (χ4v) is 8.58. The number of fused-ring (bicyclic) bond motifs is 2. The van der Waals surface area contributed by atoms with E-state index in [4.69, 9.17) is 15.6 Å². The molecule has 0 spiro atoms. The lowest BCUT2D eigenvalue weighted by atomic mass is 10.0. The van der Waals surface area contributed by atoms with Gasteiger partial charge in [0.15, 0.2) is 5.65 Å². The van der Waals surface area contributed by atoms with Crippen LogP contribution in [0.1, 0.15) is 71.7 Å². The molecule has 2 fully saturated rings. The van der Waals surface area contributed by atoms with Crippen molar-refractivity contribution >= 4 is 58.1 Å². The number of unbranched alkanes of at least 4 members (excludes halogenated alkanes) is 1. The van der Waals surface area contributed by atoms with E-state index in [9.17, 15) is 28.4 Å². The molecule has 3 aliphatic heterocycles. The minimum Gasteiger partial charge on any atom is -0.457 e. The van der Waals surface area contributed by atoms with Crippen LogP contribution in [0.25, 0.3) is 22.3 Å². The van der Waals surface area contributed by atoms with Crippen LogP contribution in [-0.2, 0) is 14.4 Å². The summed E-state index contributed by atoms with van der Waals surface area (Å²) >= 11 is 1.23. The number of carbonyl (C=O) groups is 5. The lowest BCUT2D eigenvalue weighted by Crippen LogP contribution is -2.54. The molecule has 16 heteroatoms. The number of benzene rings is 3. The highest BCUT2D eigenvalue weighted by Crippen LogP contribution is 2.37. The maximum atomic E-state index is 14.6. The topological polar surface area (TPSA) is 183 Å². The number of ether oxygens (including phenoxy) is 1. The third-order valence-corrected chi connectivity index (χ3v) is 11.4. The van der Waals surface area contributed by atoms with Crippen molar-refractivity contribution in [2.75, 3.05) is 24.6 Å². The Kier molecular flexibility index (Phi) is 10.2. The average Bonchev–Trinajstić information content (AvgIpc) is 3.71. The Bertz CT molecular complexity index is 2360. The third kappa shape index (κ3) is 7.19. The molecule has 5 amide bonds. The summed E-state index contributed by atoms with van der Waals surface area (Å²) in [4.78, 5) is 75.6. The predicted molar refractivity (Wildman–Crippen MR) is 204 cm³/mol. The molecule has 286 valence electrons. The summed E-state index contributed by atoms with van der Waals surface area (Å²) < 4.78 is 22.5. The first-order valence-electron chi connectivity index (χ1n) is 18.4. The van der Waals surface area contributed by atoms with Crippen LogP contribution in [0.2, 0.25) is 0 Å². The van der Waals surface area contributed by atoms with E-state index in [1.54, 1.807) is 0 Å². The number of piperidine rings is 2. The first-order chi connectivity index (χ1) is 27.2. The van der Waals surface area contributed by atoms with Crippen LogP contribution in [0.3, 0.4) is 0 Å². The van der Waals surface area contributed by atoms with E-state index >= 15 is 0 Å². The molecular formula is C40H37FN8O6S. The van der Waals surface area contributed by atoms with Crippen molar-refractivity contribution < 1.29 is 33.1 Å². The number of imide groups is 2. The number of nitrogen functional groups attached to an aromatic ring is 1. The fraction of sp³-hybridized carbons (Fsp3) is 0.300. The number of para-hydroxylation sites is 1. The molecule has 1 unspecified atom stereocenters. The number of anilines is 1. The monoisotopic (exact) mass is 776 g/mol. The van der Waals surface area contributed by atoms with Crippen LogP contribution in [0.4, 0.5) is 10.2 Å². The summed E-state index contributed by atoms with van der Waals surface area (Å²) in [7, 11) is 0. The largest absolute Gasteiger partial charge is 0.457 e. The molecular weight excluding hydrogens is 740 g/mol. The molecule has 3 N–H and O–H groups in total. The number of hydrogen-bond donors (Lipinski definition) is 2. The Hall–Kier alpha value is -6.16. The molecule has 2 aromatic heterocycles. The van der Waals surface area contributed by atoms with Crippen LogP contribution in [-0.4, -0.2) is 84.0 Å². The van der Waals surface area contributed by atoms with E-state index in [1.165, 1.54) is 24.2 Å². The second-order valence-corrected chi connectivity index (χ2v) is 15.0. The number of nitrogens with zero attached hydrogens (tertiary/aromatic N) is 6. The molecule has 0 bridgehead atoms. The molecule has 8 rings (SSSR count). The molecule has 0 saturated carbocycles. The van der Waals surface area contributed by atoms with Crippen molar-refractivity contribution in [3.8, 4) is 22.8 Å². The predicted octanol–water partition coefficient (Wildman–Crippen LogP) is 5.53. The van der Waals surface area contributed by atoms with Crippen LogP contribution >= 0.6 is 11.8 Å². The lowest BCUT2D eigenvalue weighted by Gasteiger charge is -2.32. The zero-order chi connectivity index (χ0) is 38.9. The second kappa shape index (κ2) is 15.5. The standard InChI is InChI=1S/C40H37FN8O6S/c41-24-20-28-33(40(54)48(39(28)53)29-13-14-31(50)45-38(29)52)30(21-24)56-19-5-4-8-32(51)47-17-15-25(16-18-47)49-37-34(36(42)43-22-44-37)35(46-49)23-9-11-27(12-10-23)55-26-6-2-1-3-7-26/h1-3,6-7,9-12,20-22,25,29H,4-5,8,13-19H2,(H2,42,43,44)(H,45,50,52). The van der Waals surface area contributed by atoms with Gasteiger partial charge in [0, 0.05) is 36.4 Å². The van der Waals surface area contributed by atoms with Gasteiger partial charge in [-0.3, -0.25) is 34.2 Å². The van der Waals surface area contributed by atoms with Gasteiger partial charge in [-0.05, 0) is 86.4 Å². The molecule has 14 nitrogen and oxygen atoms in total. The van der Waals surface area contributed by atoms with Crippen LogP contribution in [0.5, 0.6) is 11.5 Å². The Labute approximate surface area is 324 Å². The van der Waals surface area contributed by atoms with Gasteiger partial charge in [-0.2, -0.15) is 5.10 Å². The van der Waals surface area contributed by atoms with Gasteiger partial charge in [-0.25, -0.2) is 19.0 Å². The average molecular weight is 777 g/mol. The van der Waals surface area contributed by atoms with Gasteiger partial charge in [0.25, 0.3) is 11.8 Å². The Morgan fingerprint density at radius 1 is 0.929 bits per heavy atom. The summed E-state index contributed by atoms with van der Waals surface area (Å²) in [6, 6.07) is 18.2. The highest BCUT2D eigenvalue weighted by Gasteiger charge is 2.46. The highest BCUT2D eigenvalue weighted by molar-refractivity contribution is 7.99. The number of halogens is 1. The Morgan fingerprint density at radius 3 is 2.43 bits per heavy atom. The number of nitrogens with two attached hydrogens (primary N) is 1. The summed E-state index contributed by atoms with van der Waals surface area (Å²) in [6.45, 7) is 1.10. The second-order valence-electron chi connectivity index (χ2n) is 13.9. The minimum atomic E-state index is -1.13. The van der Waals surface area contributed by atoms with Gasteiger partial charge in [0.2, 0.25) is 17.7 Å². The highest BCUT2D eigenvalue weighted by atomic mass is 32.2. The lowest BCUT2D eigenvalue weighted by molar-refractivity contribution is -0.136. The molecule has 3 aliphatic rings. The molecule has 2 saturated heterocycles. The quantitative estimate of drug-likeness (QED) is 0.0977. The molecule has 1 atom stereocenters. The SMILES string of the molecule is Nc1ncnc2c1c(-c1ccc(Oc3ccccc3)cc1)nn2C1CCN(C(=O)CCCCSc2cc(F)cc3c2C(=O)N(C2CCC(=O)NC2=O)C3=O)CC1. The van der Waals surface area contributed by atoms with Crippen LogP contribution in [0.15, 0.2) is 78.0 Å². The van der Waals surface area contributed by atoms with Gasteiger partial charge in [0.1, 0.15) is 41.2 Å². The molecule has 5 aromatic rings. The third-order valence-electron chi connectivity index (χ3n) is 10.3. The van der Waals surface area contributed by atoms with Gasteiger partial charge in [-0.15, -0.1) is 11.8 Å². The Balaban J connectivity index is 0.853. The van der Waals surface area contributed by atoms with Gasteiger partial charge < -0.3 is 15.4 Å². The molecule has 56 heavy (non-hydrogen) atoms. The van der Waals surface area contributed by atoms with Crippen molar-refractivity contribution in [2.24, 2.45) is 0 Å². The van der Waals surface area contributed by atoms with Gasteiger partial charge in [-0.1, -0.05) is 18.2 Å². The van der Waals surface area contributed by atoms with Crippen molar-refractivity contribution in [1.29, 1.82) is 0 Å². The number of thioether (sulfide) groups is 1. The number of aromatic nitrogens is 4. The smallest absolute Gasteiger partial charge is 0.263 e. The number of rotatable bonds is 11. The summed E-state index contributed by atoms with van der Waals surface area (Å²) in [5.74, 6) is -1.03. The molecule has 0 radical (unpaired) electrons. The van der Waals surface area contributed by atoms with Crippen molar-refractivity contribution in [3.63, 3.8) is 0 Å². The normalized spacial score (nSPS) is 17.4. The summed E-state index contributed by atoms with van der Waals surface area (Å²) in [5.41, 5.74) is 8.48. The molecule has 0 aliphatic carbocycles. The maximum absolute atomic E-state index is 14.6. The van der Waals surface area contributed by atoms with Gasteiger partial charge >= 0.3 is 0 Å². The fourth-order valence-electron chi connectivity index (χ4n) is 7.47. The van der Waals surface area contributed by atoms with Crippen molar-refractivity contribution in [1.82, 2.24) is 34.9 Å². The number of amides is 5. The number of hydrogen-bond acceptors (Lipinski definition) is 11. The van der Waals surface area contributed by atoms with E-state index in [2.05, 4.69) is 15.3 Å². The molecule has 3 aromatic carbocycles. The van der Waals surface area contributed by atoms with Gasteiger partial charge in [0.05, 0.1) is 22.6 Å². The summed E-state index contributed by atoms with van der Waals surface area (Å²) in [5, 5.41) is 7.82. The van der Waals surface area contributed by atoms with E-state index < -0.39 is 35.5 Å². The Morgan fingerprint density at radius 2 is 1.68 bits per heavy atom. The van der Waals surface area contributed by atoms with E-state index in [-0.39, 0.29) is 35.9 Å². The van der Waals surface area contributed by atoms with Crippen molar-refractivity contribution in [3.05, 3.63) is 90.0 Å². The van der Waals surface area contributed by atoms with E-state index in [1.807, 2.05) is 64.2 Å². The molecule has 5 heterocycles. The van der Waals surface area contributed by atoms with E-state index in [0.717, 1.165) is 22.3 Å². The number of nitrogens with one attached hydrogen (secondary N) is 1. The number of carbonyl (C=O) groups excluding carboxylic acids is 5. The zero-order valence-corrected chi connectivity index (χ0v) is 31.0. The van der Waals surface area contributed by atoms with Crippen LogP contribution < -0.4 is 15.8 Å². The van der Waals surface area contributed by atoms with Crippen molar-refractivity contribution in [2.45, 2.75) is 61.9 Å². The first kappa shape index (κ1) is 36.8. The first-order valence-corrected chi connectivity index (χ1v) is 19.4. The zero-order valence-electron chi connectivity index (χ0n) is 30.2.